The van der Waals surface area contributed by atoms with E-state index < -0.39 is 21.2 Å². The summed E-state index contributed by atoms with van der Waals surface area (Å²) in [7, 11) is -4.16. The number of carbonyl (C=O) groups excluding carboxylic acids is 2. The number of rotatable bonds is 1. The highest BCUT2D eigenvalue weighted by Gasteiger charge is 2.33. The van der Waals surface area contributed by atoms with Gasteiger partial charge in [-0.1, -0.05) is 0 Å². The third-order valence-corrected chi connectivity index (χ3v) is 2.41. The van der Waals surface area contributed by atoms with E-state index in [4.69, 9.17) is 0 Å². The van der Waals surface area contributed by atoms with E-state index >= 15 is 0 Å². The van der Waals surface area contributed by atoms with Crippen molar-refractivity contribution in [1.82, 2.24) is 5.32 Å². The van der Waals surface area contributed by atoms with Crippen LogP contribution in [0, 0.1) is 0 Å². The largest absolute Gasteiger partial charge is 0.345 e. The van der Waals surface area contributed by atoms with Gasteiger partial charge in [-0.15, -0.1) is 0 Å². The van der Waals surface area contributed by atoms with Crippen molar-refractivity contribution in [3.63, 3.8) is 0 Å². The Labute approximate surface area is 69.2 Å². The van der Waals surface area contributed by atoms with E-state index in [1.165, 1.54) is 0 Å². The summed E-state index contributed by atoms with van der Waals surface area (Å²) in [5.41, 5.74) is 0. The van der Waals surface area contributed by atoms with Crippen molar-refractivity contribution < 1.29 is 18.0 Å². The first kappa shape index (κ1) is 9.14. The van der Waals surface area contributed by atoms with Crippen LogP contribution in [-0.4, -0.2) is 25.5 Å². The number of primary sulfonamides is 1. The number of nitrogens with two attached hydrogens (primary N) is 1. The number of amides is 1. The minimum absolute atomic E-state index is 0.173. The zero-order valence-electron chi connectivity index (χ0n) is 6.11. The Morgan fingerprint density at radius 2 is 2.17 bits per heavy atom. The Morgan fingerprint density at radius 1 is 1.58 bits per heavy atom. The Morgan fingerprint density at radius 3 is 2.50 bits per heavy atom. The highest BCUT2D eigenvalue weighted by molar-refractivity contribution is 8.04. The fourth-order valence-corrected chi connectivity index (χ4v) is 1.56. The van der Waals surface area contributed by atoms with E-state index in [-0.39, 0.29) is 18.7 Å². The molecule has 1 aliphatic rings. The second kappa shape index (κ2) is 2.83. The van der Waals surface area contributed by atoms with Gasteiger partial charge in [-0.3, -0.25) is 9.59 Å². The highest BCUT2D eigenvalue weighted by atomic mass is 32.2. The van der Waals surface area contributed by atoms with Crippen molar-refractivity contribution in [2.45, 2.75) is 18.9 Å². The number of hydrogen-bond acceptors (Lipinski definition) is 4. The molecule has 0 aromatic rings. The lowest BCUT2D eigenvalue weighted by Gasteiger charge is -2.04. The monoisotopic (exact) mass is 192 g/mol. The van der Waals surface area contributed by atoms with Crippen LogP contribution in [0.25, 0.3) is 0 Å². The smallest absolute Gasteiger partial charge is 0.283 e. The highest BCUT2D eigenvalue weighted by Crippen LogP contribution is 2.08. The lowest BCUT2D eigenvalue weighted by Crippen LogP contribution is -2.40. The van der Waals surface area contributed by atoms with Gasteiger partial charge in [0, 0.05) is 6.42 Å². The molecule has 1 heterocycles. The van der Waals surface area contributed by atoms with Crippen molar-refractivity contribution >= 4 is 21.0 Å². The first-order valence-corrected chi connectivity index (χ1v) is 4.82. The predicted octanol–water partition coefficient (Wildman–Crippen LogP) is -1.92. The van der Waals surface area contributed by atoms with Crippen LogP contribution in [0.15, 0.2) is 0 Å². The van der Waals surface area contributed by atoms with E-state index in [0.29, 0.717) is 0 Å². The molecule has 12 heavy (non-hydrogen) atoms. The zero-order valence-corrected chi connectivity index (χ0v) is 6.93. The maximum atomic E-state index is 10.9. The average Bonchev–Trinajstić information content (AvgIpc) is 2.32. The van der Waals surface area contributed by atoms with Gasteiger partial charge >= 0.3 is 0 Å². The molecule has 1 saturated heterocycles. The van der Waals surface area contributed by atoms with Crippen molar-refractivity contribution in [1.29, 1.82) is 0 Å². The predicted molar refractivity (Wildman–Crippen MR) is 39.3 cm³/mol. The van der Waals surface area contributed by atoms with Gasteiger partial charge in [0.05, 0.1) is 0 Å². The van der Waals surface area contributed by atoms with Gasteiger partial charge in [0.1, 0.15) is 6.04 Å². The van der Waals surface area contributed by atoms with E-state index in [1.54, 1.807) is 0 Å². The van der Waals surface area contributed by atoms with Crippen LogP contribution in [0.4, 0.5) is 0 Å². The third kappa shape index (κ3) is 1.80. The van der Waals surface area contributed by atoms with Crippen LogP contribution >= 0.6 is 0 Å². The van der Waals surface area contributed by atoms with E-state index in [2.05, 4.69) is 10.5 Å². The molecule has 0 spiro atoms. The van der Waals surface area contributed by atoms with Gasteiger partial charge in [0.15, 0.2) is 0 Å². The van der Waals surface area contributed by atoms with Gasteiger partial charge in [-0.25, -0.2) is 13.6 Å². The summed E-state index contributed by atoms with van der Waals surface area (Å²) in [6.07, 6.45) is 0.375. The van der Waals surface area contributed by atoms with E-state index in [9.17, 15) is 18.0 Å². The molecule has 0 radical (unpaired) electrons. The summed E-state index contributed by atoms with van der Waals surface area (Å²) < 4.78 is 21.0. The summed E-state index contributed by atoms with van der Waals surface area (Å²) >= 11 is 0. The molecule has 0 aromatic carbocycles. The molecule has 1 rings (SSSR count). The first-order valence-electron chi connectivity index (χ1n) is 3.27. The molecule has 1 aliphatic heterocycles. The third-order valence-electron chi connectivity index (χ3n) is 1.56. The lowest BCUT2D eigenvalue weighted by atomic mass is 10.2. The van der Waals surface area contributed by atoms with Gasteiger partial charge in [-0.05, 0) is 6.42 Å². The van der Waals surface area contributed by atoms with Crippen LogP contribution in [0.3, 0.4) is 0 Å². The molecule has 1 fully saturated rings. The minimum atomic E-state index is -4.16. The number of hydrogen-bond donors (Lipinski definition) is 2. The van der Waals surface area contributed by atoms with E-state index in [1.807, 2.05) is 0 Å². The lowest BCUT2D eigenvalue weighted by molar-refractivity contribution is -0.121. The van der Waals surface area contributed by atoms with Crippen LogP contribution in [0.5, 0.6) is 0 Å². The fourth-order valence-electron chi connectivity index (χ4n) is 0.989. The van der Waals surface area contributed by atoms with Crippen molar-refractivity contribution in [2.24, 2.45) is 5.14 Å². The Hall–Kier alpha value is -0.950. The summed E-state index contributed by atoms with van der Waals surface area (Å²) in [5.74, 6) is -0.322. The molecule has 0 saturated carbocycles. The second-order valence-electron chi connectivity index (χ2n) is 2.52. The topological polar surface area (TPSA) is 106 Å². The average molecular weight is 192 g/mol. The van der Waals surface area contributed by atoms with Gasteiger partial charge in [0.2, 0.25) is 5.91 Å². The molecule has 1 atom stereocenters. The second-order valence-corrected chi connectivity index (χ2v) is 4.02. The molecule has 7 heteroatoms. The van der Waals surface area contributed by atoms with Crippen molar-refractivity contribution in [3.05, 3.63) is 0 Å². The van der Waals surface area contributed by atoms with Gasteiger partial charge < -0.3 is 5.32 Å². The maximum absolute atomic E-state index is 10.9. The standard InChI is InChI=1S/C5H8N2O4S/c6-12(10,11)5(9)3-1-2-4(8)7-3/h3H,1-2H2,(H,7,8)(H2,6,10,11). The summed E-state index contributed by atoms with van der Waals surface area (Å²) in [5, 5.41) is 5.67. The molecule has 6 nitrogen and oxygen atoms in total. The quantitative estimate of drug-likeness (QED) is 0.505. The van der Waals surface area contributed by atoms with Crippen LogP contribution in [-0.2, 0) is 19.6 Å². The Balaban J connectivity index is 2.74. The zero-order chi connectivity index (χ0) is 9.35. The minimum Gasteiger partial charge on any atom is -0.345 e. The molecular weight excluding hydrogens is 184 g/mol. The van der Waals surface area contributed by atoms with Crippen LogP contribution in [0.2, 0.25) is 0 Å². The summed E-state index contributed by atoms with van der Waals surface area (Å²) in [6.45, 7) is 0. The molecular formula is C5H8N2O4S. The van der Waals surface area contributed by atoms with Crippen molar-refractivity contribution in [2.75, 3.05) is 0 Å². The Bertz CT molecular complexity index is 320. The van der Waals surface area contributed by atoms with Gasteiger partial charge in [-0.2, -0.15) is 0 Å². The van der Waals surface area contributed by atoms with Crippen LogP contribution in [0.1, 0.15) is 12.8 Å². The first-order chi connectivity index (χ1) is 5.41. The molecule has 0 aliphatic carbocycles. The molecule has 1 amide bonds. The molecule has 0 bridgehead atoms. The van der Waals surface area contributed by atoms with Gasteiger partial charge in [0.25, 0.3) is 15.1 Å². The number of nitrogens with one attached hydrogen (secondary N) is 1. The van der Waals surface area contributed by atoms with Crippen molar-refractivity contribution in [3.8, 4) is 0 Å². The van der Waals surface area contributed by atoms with E-state index in [0.717, 1.165) is 0 Å². The van der Waals surface area contributed by atoms with Crippen LogP contribution < -0.4 is 10.5 Å². The SMILES string of the molecule is NS(=O)(=O)C(=O)C1CCC(=O)N1. The number of carbonyl (C=O) groups is 2. The molecule has 68 valence electrons. The Kier molecular flexibility index (Phi) is 2.16. The normalized spacial score (nSPS) is 23.8. The summed E-state index contributed by atoms with van der Waals surface area (Å²) in [6, 6.07) is -0.951. The molecule has 0 aromatic heterocycles. The number of sulfonamides is 1. The summed E-state index contributed by atoms with van der Waals surface area (Å²) in [4.78, 5) is 21.5. The molecule has 3 N–H and O–H groups in total. The fraction of sp³-hybridized carbons (Fsp3) is 0.600. The maximum Gasteiger partial charge on any atom is 0.283 e. The molecule has 1 unspecified atom stereocenters.